The van der Waals surface area contributed by atoms with E-state index in [0.29, 0.717) is 22.9 Å². The molecule has 6 heteroatoms. The Kier molecular flexibility index (Phi) is 3.17. The fourth-order valence-corrected chi connectivity index (χ4v) is 1.63. The minimum atomic E-state index is 0.506. The standard InChI is InChI=1S/C11H10ClN5/c12-9-3-7(4-13)1-2-10(9)15-5-8-6-16-17-11(8)14/h1-3,6,15H,5H2,(H3,14,16,17). The molecule has 0 atom stereocenters. The number of aromatic nitrogens is 2. The quantitative estimate of drug-likeness (QED) is 0.775. The molecule has 0 aliphatic carbocycles. The van der Waals surface area contributed by atoms with Gasteiger partial charge in [-0.15, -0.1) is 0 Å². The van der Waals surface area contributed by atoms with Gasteiger partial charge in [0.2, 0.25) is 0 Å². The molecule has 0 amide bonds. The smallest absolute Gasteiger partial charge is 0.123 e. The maximum absolute atomic E-state index is 8.71. The zero-order valence-electron chi connectivity index (χ0n) is 8.87. The van der Waals surface area contributed by atoms with Crippen molar-refractivity contribution in [3.05, 3.63) is 40.5 Å². The number of nitrogens with one attached hydrogen (secondary N) is 2. The monoisotopic (exact) mass is 247 g/mol. The Balaban J connectivity index is 2.10. The van der Waals surface area contributed by atoms with Crippen molar-refractivity contribution in [3.63, 3.8) is 0 Å². The molecule has 0 radical (unpaired) electrons. The van der Waals surface area contributed by atoms with E-state index in [0.717, 1.165) is 11.3 Å². The van der Waals surface area contributed by atoms with Gasteiger partial charge >= 0.3 is 0 Å². The van der Waals surface area contributed by atoms with Crippen molar-refractivity contribution in [1.29, 1.82) is 5.26 Å². The second-order valence-electron chi connectivity index (χ2n) is 3.47. The van der Waals surface area contributed by atoms with Gasteiger partial charge in [0.05, 0.1) is 28.5 Å². The molecule has 0 aliphatic rings. The number of hydrogen-bond donors (Lipinski definition) is 3. The Morgan fingerprint density at radius 1 is 1.53 bits per heavy atom. The van der Waals surface area contributed by atoms with Crippen LogP contribution in [0.25, 0.3) is 0 Å². The molecule has 0 spiro atoms. The molecular formula is C11H10ClN5. The van der Waals surface area contributed by atoms with E-state index in [9.17, 15) is 0 Å². The van der Waals surface area contributed by atoms with Gasteiger partial charge in [0.25, 0.3) is 0 Å². The van der Waals surface area contributed by atoms with Crippen LogP contribution in [0.2, 0.25) is 5.02 Å². The van der Waals surface area contributed by atoms with E-state index in [2.05, 4.69) is 15.5 Å². The Morgan fingerprint density at radius 3 is 2.94 bits per heavy atom. The third-order valence-corrected chi connectivity index (χ3v) is 2.63. The summed E-state index contributed by atoms with van der Waals surface area (Å²) in [4.78, 5) is 0. The second-order valence-corrected chi connectivity index (χ2v) is 3.88. The van der Waals surface area contributed by atoms with Crippen molar-refractivity contribution in [2.24, 2.45) is 0 Å². The fourth-order valence-electron chi connectivity index (χ4n) is 1.38. The van der Waals surface area contributed by atoms with Gasteiger partial charge in [-0.3, -0.25) is 5.10 Å². The summed E-state index contributed by atoms with van der Waals surface area (Å²) < 4.78 is 0. The van der Waals surface area contributed by atoms with Crippen LogP contribution in [0.15, 0.2) is 24.4 Å². The van der Waals surface area contributed by atoms with Crippen molar-refractivity contribution in [3.8, 4) is 6.07 Å². The number of nitrogen functional groups attached to an aromatic ring is 1. The number of H-pyrrole nitrogens is 1. The van der Waals surface area contributed by atoms with E-state index in [1.165, 1.54) is 0 Å². The highest BCUT2D eigenvalue weighted by Gasteiger charge is 2.04. The lowest BCUT2D eigenvalue weighted by Gasteiger charge is -2.07. The minimum Gasteiger partial charge on any atom is -0.384 e. The molecule has 1 aromatic heterocycles. The normalized spacial score (nSPS) is 9.88. The lowest BCUT2D eigenvalue weighted by Crippen LogP contribution is -2.01. The maximum atomic E-state index is 8.71. The summed E-state index contributed by atoms with van der Waals surface area (Å²) >= 11 is 6.02. The van der Waals surface area contributed by atoms with Gasteiger partial charge in [-0.05, 0) is 18.2 Å². The van der Waals surface area contributed by atoms with Crippen LogP contribution in [0.3, 0.4) is 0 Å². The second kappa shape index (κ2) is 4.76. The third kappa shape index (κ3) is 2.49. The average molecular weight is 248 g/mol. The number of benzene rings is 1. The fraction of sp³-hybridized carbons (Fsp3) is 0.0909. The van der Waals surface area contributed by atoms with Crippen molar-refractivity contribution in [1.82, 2.24) is 10.2 Å². The van der Waals surface area contributed by atoms with Gasteiger partial charge in [0, 0.05) is 12.1 Å². The molecule has 0 bridgehead atoms. The predicted molar refractivity (Wildman–Crippen MR) is 66.5 cm³/mol. The summed E-state index contributed by atoms with van der Waals surface area (Å²) in [7, 11) is 0. The van der Waals surface area contributed by atoms with Crippen LogP contribution in [0, 0.1) is 11.3 Å². The molecule has 4 N–H and O–H groups in total. The zero-order chi connectivity index (χ0) is 12.3. The molecule has 2 rings (SSSR count). The van der Waals surface area contributed by atoms with Crippen molar-refractivity contribution < 1.29 is 0 Å². The molecule has 0 saturated heterocycles. The molecule has 5 nitrogen and oxygen atoms in total. The van der Waals surface area contributed by atoms with E-state index in [1.807, 2.05) is 6.07 Å². The van der Waals surface area contributed by atoms with Crippen molar-refractivity contribution in [2.75, 3.05) is 11.1 Å². The van der Waals surface area contributed by atoms with E-state index < -0.39 is 0 Å². The average Bonchev–Trinajstić information content (AvgIpc) is 2.73. The number of anilines is 2. The number of aromatic amines is 1. The Hall–Kier alpha value is -2.19. The van der Waals surface area contributed by atoms with Gasteiger partial charge < -0.3 is 11.1 Å². The van der Waals surface area contributed by atoms with Crippen molar-refractivity contribution in [2.45, 2.75) is 6.54 Å². The van der Waals surface area contributed by atoms with Gasteiger partial charge in [-0.1, -0.05) is 11.6 Å². The molecule has 17 heavy (non-hydrogen) atoms. The number of halogens is 1. The van der Waals surface area contributed by atoms with Gasteiger partial charge in [-0.2, -0.15) is 10.4 Å². The Labute approximate surface area is 103 Å². The van der Waals surface area contributed by atoms with E-state index >= 15 is 0 Å². The zero-order valence-corrected chi connectivity index (χ0v) is 9.62. The summed E-state index contributed by atoms with van der Waals surface area (Å²) in [5.41, 5.74) is 7.81. The van der Waals surface area contributed by atoms with E-state index in [1.54, 1.807) is 24.4 Å². The lowest BCUT2D eigenvalue weighted by atomic mass is 10.2. The van der Waals surface area contributed by atoms with Crippen molar-refractivity contribution >= 4 is 23.1 Å². The van der Waals surface area contributed by atoms with E-state index in [4.69, 9.17) is 22.6 Å². The van der Waals surface area contributed by atoms with Gasteiger partial charge in [0.15, 0.2) is 0 Å². The molecule has 0 aliphatic heterocycles. The molecule has 0 unspecified atom stereocenters. The Bertz CT molecular complexity index is 569. The Morgan fingerprint density at radius 2 is 2.35 bits per heavy atom. The highest BCUT2D eigenvalue weighted by atomic mass is 35.5. The van der Waals surface area contributed by atoms with Crippen LogP contribution in [-0.2, 0) is 6.54 Å². The first-order valence-electron chi connectivity index (χ1n) is 4.92. The first-order chi connectivity index (χ1) is 8.20. The van der Waals surface area contributed by atoms with Crippen LogP contribution in [0.5, 0.6) is 0 Å². The molecule has 1 aromatic carbocycles. The SMILES string of the molecule is N#Cc1ccc(NCc2cn[nH]c2N)c(Cl)c1. The van der Waals surface area contributed by atoms with E-state index in [-0.39, 0.29) is 0 Å². The van der Waals surface area contributed by atoms with Crippen LogP contribution in [0.1, 0.15) is 11.1 Å². The first kappa shape index (κ1) is 11.3. The third-order valence-electron chi connectivity index (χ3n) is 2.32. The van der Waals surface area contributed by atoms with Crippen LogP contribution < -0.4 is 11.1 Å². The summed E-state index contributed by atoms with van der Waals surface area (Å²) in [5, 5.41) is 18.8. The molecule has 86 valence electrons. The summed E-state index contributed by atoms with van der Waals surface area (Å²) in [6, 6.07) is 7.10. The lowest BCUT2D eigenvalue weighted by molar-refractivity contribution is 1.10. The molecule has 0 fully saturated rings. The first-order valence-corrected chi connectivity index (χ1v) is 5.29. The van der Waals surface area contributed by atoms with Crippen LogP contribution >= 0.6 is 11.6 Å². The number of rotatable bonds is 3. The molecule has 2 aromatic rings. The molecule has 1 heterocycles. The highest BCUT2D eigenvalue weighted by Crippen LogP contribution is 2.23. The summed E-state index contributed by atoms with van der Waals surface area (Å²) in [6.07, 6.45) is 1.65. The topological polar surface area (TPSA) is 90.5 Å². The van der Waals surface area contributed by atoms with Gasteiger partial charge in [0.1, 0.15) is 5.82 Å². The number of nitrogens with two attached hydrogens (primary N) is 1. The summed E-state index contributed by atoms with van der Waals surface area (Å²) in [6.45, 7) is 0.522. The molecular weight excluding hydrogens is 238 g/mol. The van der Waals surface area contributed by atoms with Crippen LogP contribution in [0.4, 0.5) is 11.5 Å². The molecule has 0 saturated carbocycles. The largest absolute Gasteiger partial charge is 0.384 e. The number of nitriles is 1. The number of nitrogens with zero attached hydrogens (tertiary/aromatic N) is 2. The van der Waals surface area contributed by atoms with Gasteiger partial charge in [-0.25, -0.2) is 0 Å². The predicted octanol–water partition coefficient (Wildman–Crippen LogP) is 2.13. The highest BCUT2D eigenvalue weighted by molar-refractivity contribution is 6.33. The minimum absolute atomic E-state index is 0.506. The van der Waals surface area contributed by atoms with Crippen LogP contribution in [-0.4, -0.2) is 10.2 Å². The maximum Gasteiger partial charge on any atom is 0.123 e. The number of hydrogen-bond acceptors (Lipinski definition) is 4. The summed E-state index contributed by atoms with van der Waals surface area (Å²) in [5.74, 6) is 0.530.